The first kappa shape index (κ1) is 24.1. The first-order chi connectivity index (χ1) is 16.0. The van der Waals surface area contributed by atoms with Gasteiger partial charge in [-0.1, -0.05) is 29.8 Å². The third-order valence-corrected chi connectivity index (χ3v) is 5.16. The molecule has 0 aliphatic heterocycles. The van der Waals surface area contributed by atoms with E-state index >= 15 is 0 Å². The molecular weight excluding hydrogens is 446 g/mol. The predicted octanol–water partition coefficient (Wildman–Crippen LogP) is 4.99. The zero-order chi connectivity index (χ0) is 23.8. The average Bonchev–Trinajstić information content (AvgIpc) is 2.85. The highest BCUT2D eigenvalue weighted by molar-refractivity contribution is 6.30. The molecule has 0 atom stereocenters. The van der Waals surface area contributed by atoms with Gasteiger partial charge in [0.2, 0.25) is 5.75 Å². The summed E-state index contributed by atoms with van der Waals surface area (Å²) in [6.45, 7) is 0.105. The first-order valence-electron chi connectivity index (χ1n) is 10.1. The molecule has 0 saturated carbocycles. The summed E-state index contributed by atoms with van der Waals surface area (Å²) in [4.78, 5) is 14.9. The average molecular weight is 472 g/mol. The Bertz CT molecular complexity index is 1060. The number of rotatable bonds is 10. The van der Waals surface area contributed by atoms with Crippen LogP contribution >= 0.6 is 11.6 Å². The molecule has 8 heteroatoms. The van der Waals surface area contributed by atoms with E-state index in [1.807, 2.05) is 24.3 Å². The lowest BCUT2D eigenvalue weighted by atomic mass is 10.1. The molecule has 0 aliphatic carbocycles. The molecule has 0 aliphatic rings. The Balaban J connectivity index is 1.94. The van der Waals surface area contributed by atoms with E-state index in [4.69, 9.17) is 35.3 Å². The molecule has 0 saturated heterocycles. The number of halogens is 1. The smallest absolute Gasteiger partial charge is 0.265 e. The Morgan fingerprint density at radius 3 is 2.03 bits per heavy atom. The minimum absolute atomic E-state index is 0.187. The number of benzene rings is 3. The zero-order valence-electron chi connectivity index (χ0n) is 19.0. The van der Waals surface area contributed by atoms with E-state index in [9.17, 15) is 4.79 Å². The lowest BCUT2D eigenvalue weighted by Gasteiger charge is -2.25. The molecule has 3 aromatic rings. The number of ether oxygens (including phenoxy) is 5. The van der Waals surface area contributed by atoms with Crippen LogP contribution in [0.4, 0.5) is 5.69 Å². The Hall–Kier alpha value is -3.58. The SMILES string of the molecule is COc1ccc(CN(C(=O)COc2cccc(Cl)c2)c2cc(OC)c(OC)c(OC)c2)cc1. The van der Waals surface area contributed by atoms with Crippen LogP contribution in [0.3, 0.4) is 0 Å². The molecule has 174 valence electrons. The number of anilines is 1. The Labute approximate surface area is 198 Å². The van der Waals surface area contributed by atoms with Gasteiger partial charge in [-0.2, -0.15) is 0 Å². The summed E-state index contributed by atoms with van der Waals surface area (Å²) in [5, 5.41) is 0.527. The molecule has 0 heterocycles. The first-order valence-corrected chi connectivity index (χ1v) is 10.5. The van der Waals surface area contributed by atoms with Crippen LogP contribution in [0.5, 0.6) is 28.7 Å². The second kappa shape index (κ2) is 11.3. The van der Waals surface area contributed by atoms with Gasteiger partial charge in [-0.3, -0.25) is 4.79 Å². The van der Waals surface area contributed by atoms with E-state index in [0.29, 0.717) is 40.3 Å². The summed E-state index contributed by atoms with van der Waals surface area (Å²) in [5.74, 6) is 2.29. The molecule has 3 rings (SSSR count). The monoisotopic (exact) mass is 471 g/mol. The topological polar surface area (TPSA) is 66.5 Å². The van der Waals surface area contributed by atoms with Gasteiger partial charge in [-0.25, -0.2) is 0 Å². The third kappa shape index (κ3) is 6.02. The van der Waals surface area contributed by atoms with E-state index in [1.54, 1.807) is 48.4 Å². The molecule has 0 bridgehead atoms. The van der Waals surface area contributed by atoms with E-state index < -0.39 is 0 Å². The van der Waals surface area contributed by atoms with Gasteiger partial charge in [-0.15, -0.1) is 0 Å². The third-order valence-electron chi connectivity index (χ3n) is 4.92. The van der Waals surface area contributed by atoms with Crippen LogP contribution in [0, 0.1) is 0 Å². The maximum Gasteiger partial charge on any atom is 0.265 e. The maximum absolute atomic E-state index is 13.3. The standard InChI is InChI=1S/C25H26ClNO6/c1-29-20-10-8-17(9-11-20)15-27(24(28)16-33-21-7-5-6-18(26)12-21)19-13-22(30-2)25(32-4)23(14-19)31-3/h5-14H,15-16H2,1-4H3. The van der Waals surface area contributed by atoms with Gasteiger partial charge >= 0.3 is 0 Å². The number of carbonyl (C=O) groups excluding carboxylic acids is 1. The largest absolute Gasteiger partial charge is 0.497 e. The van der Waals surface area contributed by atoms with Gasteiger partial charge in [0, 0.05) is 17.2 Å². The molecule has 1 amide bonds. The van der Waals surface area contributed by atoms with Crippen molar-refractivity contribution in [1.82, 2.24) is 0 Å². The number of carbonyl (C=O) groups is 1. The van der Waals surface area contributed by atoms with Crippen LogP contribution in [-0.4, -0.2) is 41.0 Å². The molecule has 0 N–H and O–H groups in total. The van der Waals surface area contributed by atoms with Gasteiger partial charge in [0.05, 0.1) is 40.7 Å². The summed E-state index contributed by atoms with van der Waals surface area (Å²) in [6.07, 6.45) is 0. The number of methoxy groups -OCH3 is 4. The highest BCUT2D eigenvalue weighted by atomic mass is 35.5. The lowest BCUT2D eigenvalue weighted by Crippen LogP contribution is -2.34. The minimum Gasteiger partial charge on any atom is -0.497 e. The van der Waals surface area contributed by atoms with Gasteiger partial charge in [0.15, 0.2) is 18.1 Å². The highest BCUT2D eigenvalue weighted by Crippen LogP contribution is 2.41. The molecule has 0 unspecified atom stereocenters. The van der Waals surface area contributed by atoms with Crippen LogP contribution < -0.4 is 28.6 Å². The van der Waals surface area contributed by atoms with Crippen molar-refractivity contribution < 1.29 is 28.5 Å². The second-order valence-electron chi connectivity index (χ2n) is 6.96. The summed E-state index contributed by atoms with van der Waals surface area (Å²) < 4.78 is 27.3. The number of amides is 1. The van der Waals surface area contributed by atoms with E-state index in [0.717, 1.165) is 11.3 Å². The predicted molar refractivity (Wildman–Crippen MR) is 127 cm³/mol. The van der Waals surface area contributed by atoms with Crippen molar-refractivity contribution in [2.24, 2.45) is 0 Å². The van der Waals surface area contributed by atoms with Crippen molar-refractivity contribution in [3.8, 4) is 28.7 Å². The van der Waals surface area contributed by atoms with Crippen molar-refractivity contribution in [1.29, 1.82) is 0 Å². The molecule has 0 radical (unpaired) electrons. The van der Waals surface area contributed by atoms with Crippen LogP contribution in [0.25, 0.3) is 0 Å². The molecular formula is C25H26ClNO6. The Kier molecular flexibility index (Phi) is 8.27. The van der Waals surface area contributed by atoms with E-state index in [-0.39, 0.29) is 12.5 Å². The fraction of sp³-hybridized carbons (Fsp3) is 0.240. The van der Waals surface area contributed by atoms with Gasteiger partial charge in [0.1, 0.15) is 11.5 Å². The summed E-state index contributed by atoms with van der Waals surface area (Å²) in [6, 6.07) is 17.8. The normalized spacial score (nSPS) is 10.3. The van der Waals surface area contributed by atoms with E-state index in [2.05, 4.69) is 0 Å². The summed E-state index contributed by atoms with van der Waals surface area (Å²) >= 11 is 6.02. The number of hydrogen-bond donors (Lipinski definition) is 0. The fourth-order valence-corrected chi connectivity index (χ4v) is 3.42. The minimum atomic E-state index is -0.264. The van der Waals surface area contributed by atoms with Crippen molar-refractivity contribution >= 4 is 23.2 Å². The molecule has 0 spiro atoms. The van der Waals surface area contributed by atoms with Crippen LogP contribution in [0.15, 0.2) is 60.7 Å². The van der Waals surface area contributed by atoms with Crippen LogP contribution in [0.2, 0.25) is 5.02 Å². The van der Waals surface area contributed by atoms with Gasteiger partial charge in [-0.05, 0) is 35.9 Å². The fourth-order valence-electron chi connectivity index (χ4n) is 3.24. The summed E-state index contributed by atoms with van der Waals surface area (Å²) in [5.41, 5.74) is 1.47. The molecule has 3 aromatic carbocycles. The van der Waals surface area contributed by atoms with Crippen molar-refractivity contribution in [2.45, 2.75) is 6.54 Å². The molecule has 0 aromatic heterocycles. The van der Waals surface area contributed by atoms with Crippen LogP contribution in [-0.2, 0) is 11.3 Å². The molecule has 0 fully saturated rings. The van der Waals surface area contributed by atoms with Crippen molar-refractivity contribution in [3.63, 3.8) is 0 Å². The maximum atomic E-state index is 13.3. The van der Waals surface area contributed by atoms with Crippen molar-refractivity contribution in [2.75, 3.05) is 39.9 Å². The van der Waals surface area contributed by atoms with Crippen molar-refractivity contribution in [3.05, 3.63) is 71.2 Å². The zero-order valence-corrected chi connectivity index (χ0v) is 19.7. The Morgan fingerprint density at radius 2 is 1.48 bits per heavy atom. The van der Waals surface area contributed by atoms with E-state index in [1.165, 1.54) is 21.3 Å². The lowest BCUT2D eigenvalue weighted by molar-refractivity contribution is -0.120. The number of hydrogen-bond acceptors (Lipinski definition) is 6. The second-order valence-corrected chi connectivity index (χ2v) is 7.39. The number of nitrogens with zero attached hydrogens (tertiary/aromatic N) is 1. The summed E-state index contributed by atoms with van der Waals surface area (Å²) in [7, 11) is 6.19. The molecule has 7 nitrogen and oxygen atoms in total. The highest BCUT2D eigenvalue weighted by Gasteiger charge is 2.22. The molecule has 33 heavy (non-hydrogen) atoms. The Morgan fingerprint density at radius 1 is 0.818 bits per heavy atom. The van der Waals surface area contributed by atoms with Gasteiger partial charge in [0.25, 0.3) is 5.91 Å². The quantitative estimate of drug-likeness (QED) is 0.415. The van der Waals surface area contributed by atoms with Gasteiger partial charge < -0.3 is 28.6 Å². The van der Waals surface area contributed by atoms with Crippen LogP contribution in [0.1, 0.15) is 5.56 Å².